The molecule has 2 rings (SSSR count). The van der Waals surface area contributed by atoms with E-state index >= 15 is 0 Å². The molecule has 0 bridgehead atoms. The summed E-state index contributed by atoms with van der Waals surface area (Å²) in [7, 11) is 3.21. The van der Waals surface area contributed by atoms with E-state index in [1.807, 2.05) is 18.2 Å². The maximum absolute atomic E-state index is 10.5. The van der Waals surface area contributed by atoms with Gasteiger partial charge >= 0.3 is 0 Å². The van der Waals surface area contributed by atoms with Gasteiger partial charge in [0, 0.05) is 13.0 Å². The van der Waals surface area contributed by atoms with Gasteiger partial charge < -0.3 is 20.3 Å². The summed E-state index contributed by atoms with van der Waals surface area (Å²) in [6.07, 6.45) is 1.08. The zero-order chi connectivity index (χ0) is 16.3. The summed E-state index contributed by atoms with van der Waals surface area (Å²) in [6, 6.07) is 5.64. The van der Waals surface area contributed by atoms with E-state index in [-0.39, 0.29) is 5.92 Å². The summed E-state index contributed by atoms with van der Waals surface area (Å²) in [4.78, 5) is 0. The first kappa shape index (κ1) is 17.1. The maximum Gasteiger partial charge on any atom is 0.161 e. The van der Waals surface area contributed by atoms with Crippen molar-refractivity contribution in [3.63, 3.8) is 0 Å². The summed E-state index contributed by atoms with van der Waals surface area (Å²) in [5.74, 6) is 2.12. The second-order valence-corrected chi connectivity index (χ2v) is 6.58. The number of hydrogen-bond acceptors (Lipinski definition) is 5. The number of aliphatic hydroxyl groups excluding tert-OH is 1. The topological polar surface area (TPSA) is 76.7 Å². The minimum atomic E-state index is -0.744. The van der Waals surface area contributed by atoms with E-state index < -0.39 is 11.8 Å². The van der Waals surface area contributed by atoms with Crippen LogP contribution in [0.4, 0.5) is 0 Å². The van der Waals surface area contributed by atoms with Crippen molar-refractivity contribution in [3.05, 3.63) is 23.8 Å². The van der Waals surface area contributed by atoms with Gasteiger partial charge in [-0.1, -0.05) is 19.9 Å². The molecule has 0 saturated carbocycles. The highest BCUT2D eigenvalue weighted by atomic mass is 16.5. The van der Waals surface area contributed by atoms with Crippen LogP contribution in [0, 0.1) is 11.8 Å². The average Bonchev–Trinajstić information content (AvgIpc) is 2.49. The van der Waals surface area contributed by atoms with Crippen LogP contribution in [0.2, 0.25) is 0 Å². The van der Waals surface area contributed by atoms with Crippen molar-refractivity contribution in [1.82, 2.24) is 5.32 Å². The Labute approximate surface area is 132 Å². The van der Waals surface area contributed by atoms with Gasteiger partial charge in [0.25, 0.3) is 0 Å². The van der Waals surface area contributed by atoms with Crippen molar-refractivity contribution >= 4 is 0 Å². The predicted molar refractivity (Wildman–Crippen MR) is 87.0 cm³/mol. The molecule has 0 amide bonds. The molecule has 0 aromatic heterocycles. The van der Waals surface area contributed by atoms with E-state index in [9.17, 15) is 5.11 Å². The highest BCUT2D eigenvalue weighted by Crippen LogP contribution is 2.35. The third kappa shape index (κ3) is 3.54. The molecule has 0 spiro atoms. The van der Waals surface area contributed by atoms with Gasteiger partial charge in [-0.05, 0) is 36.0 Å². The number of nitrogens with two attached hydrogens (primary N) is 1. The van der Waals surface area contributed by atoms with Crippen LogP contribution in [-0.4, -0.2) is 32.0 Å². The molecule has 1 aromatic rings. The molecule has 0 unspecified atom stereocenters. The van der Waals surface area contributed by atoms with Gasteiger partial charge in [-0.3, -0.25) is 5.32 Å². The molecule has 1 fully saturated rings. The van der Waals surface area contributed by atoms with Crippen molar-refractivity contribution < 1.29 is 14.6 Å². The zero-order valence-electron chi connectivity index (χ0n) is 13.9. The summed E-state index contributed by atoms with van der Waals surface area (Å²) in [5.41, 5.74) is 6.66. The SMILES string of the molecule is COc1ccc([C@]2(N)C[C@H](O)[C@@H](CC(C)C)CN2)cc1OC. The quantitative estimate of drug-likeness (QED) is 0.773. The Balaban J connectivity index is 2.18. The predicted octanol–water partition coefficient (Wildman–Crippen LogP) is 1.83. The van der Waals surface area contributed by atoms with Crippen LogP contribution in [0.15, 0.2) is 18.2 Å². The summed E-state index contributed by atoms with van der Waals surface area (Å²) in [6.45, 7) is 5.06. The monoisotopic (exact) mass is 308 g/mol. The largest absolute Gasteiger partial charge is 0.493 e. The Morgan fingerprint density at radius 1 is 1.32 bits per heavy atom. The third-order valence-electron chi connectivity index (χ3n) is 4.43. The maximum atomic E-state index is 10.5. The number of hydrogen-bond donors (Lipinski definition) is 3. The first-order valence-corrected chi connectivity index (χ1v) is 7.84. The molecule has 5 heteroatoms. The summed E-state index contributed by atoms with van der Waals surface area (Å²) in [5, 5.41) is 13.9. The van der Waals surface area contributed by atoms with E-state index in [0.29, 0.717) is 30.4 Å². The van der Waals surface area contributed by atoms with Crippen molar-refractivity contribution in [2.24, 2.45) is 17.6 Å². The molecular weight excluding hydrogens is 280 g/mol. The third-order valence-corrected chi connectivity index (χ3v) is 4.43. The first-order chi connectivity index (χ1) is 10.4. The highest BCUT2D eigenvalue weighted by molar-refractivity contribution is 5.45. The molecule has 22 heavy (non-hydrogen) atoms. The second-order valence-electron chi connectivity index (χ2n) is 6.58. The number of ether oxygens (including phenoxy) is 2. The van der Waals surface area contributed by atoms with E-state index in [2.05, 4.69) is 19.2 Å². The number of piperidine rings is 1. The van der Waals surface area contributed by atoms with E-state index in [0.717, 1.165) is 12.0 Å². The number of benzene rings is 1. The number of rotatable bonds is 5. The summed E-state index contributed by atoms with van der Waals surface area (Å²) >= 11 is 0. The van der Waals surface area contributed by atoms with Crippen molar-refractivity contribution in [3.8, 4) is 11.5 Å². The fraction of sp³-hybridized carbons (Fsp3) is 0.647. The van der Waals surface area contributed by atoms with Crippen molar-refractivity contribution in [1.29, 1.82) is 0 Å². The van der Waals surface area contributed by atoms with Gasteiger partial charge in [-0.15, -0.1) is 0 Å². The highest BCUT2D eigenvalue weighted by Gasteiger charge is 2.38. The molecule has 1 aromatic carbocycles. The second kappa shape index (κ2) is 6.86. The Kier molecular flexibility index (Phi) is 5.32. The van der Waals surface area contributed by atoms with E-state index in [1.165, 1.54) is 0 Å². The van der Waals surface area contributed by atoms with Crippen LogP contribution < -0.4 is 20.5 Å². The van der Waals surface area contributed by atoms with Gasteiger partial charge in [-0.25, -0.2) is 0 Å². The lowest BCUT2D eigenvalue weighted by Crippen LogP contribution is -2.59. The van der Waals surface area contributed by atoms with E-state index in [4.69, 9.17) is 15.2 Å². The van der Waals surface area contributed by atoms with Gasteiger partial charge in [0.05, 0.1) is 26.0 Å². The van der Waals surface area contributed by atoms with E-state index in [1.54, 1.807) is 14.2 Å². The fourth-order valence-electron chi connectivity index (χ4n) is 3.20. The molecule has 0 aliphatic carbocycles. The van der Waals surface area contributed by atoms with Gasteiger partial charge in [0.1, 0.15) is 0 Å². The summed E-state index contributed by atoms with van der Waals surface area (Å²) < 4.78 is 10.6. The molecule has 5 nitrogen and oxygen atoms in total. The molecule has 3 atom stereocenters. The number of methoxy groups -OCH3 is 2. The number of aliphatic hydroxyl groups is 1. The molecule has 1 aliphatic rings. The zero-order valence-corrected chi connectivity index (χ0v) is 13.9. The Morgan fingerprint density at radius 2 is 2.00 bits per heavy atom. The molecule has 1 saturated heterocycles. The lowest BCUT2D eigenvalue weighted by Gasteiger charge is -2.42. The molecule has 4 N–H and O–H groups in total. The molecular formula is C17H28N2O3. The first-order valence-electron chi connectivity index (χ1n) is 7.84. The molecule has 0 radical (unpaired) electrons. The molecule has 1 heterocycles. The molecule has 1 aliphatic heterocycles. The molecule has 124 valence electrons. The number of nitrogens with one attached hydrogen (secondary N) is 1. The van der Waals surface area contributed by atoms with Crippen LogP contribution in [0.5, 0.6) is 11.5 Å². The van der Waals surface area contributed by atoms with Gasteiger partial charge in [-0.2, -0.15) is 0 Å². The van der Waals surface area contributed by atoms with Crippen LogP contribution in [0.3, 0.4) is 0 Å². The van der Waals surface area contributed by atoms with Gasteiger partial charge in [0.2, 0.25) is 0 Å². The standard InChI is InChI=1S/C17H28N2O3/c1-11(2)7-12-10-19-17(18,9-14(12)20)13-5-6-15(21-3)16(8-13)22-4/h5-6,8,11-12,14,19-20H,7,9-10,18H2,1-4H3/t12-,14-,17-/m0/s1. The minimum Gasteiger partial charge on any atom is -0.493 e. The van der Waals surface area contributed by atoms with Crippen LogP contribution in [0.25, 0.3) is 0 Å². The lowest BCUT2D eigenvalue weighted by atomic mass is 9.80. The van der Waals surface area contributed by atoms with Gasteiger partial charge in [0.15, 0.2) is 11.5 Å². The lowest BCUT2D eigenvalue weighted by molar-refractivity contribution is 0.0195. The van der Waals surface area contributed by atoms with Crippen LogP contribution in [-0.2, 0) is 5.66 Å². The van der Waals surface area contributed by atoms with Crippen LogP contribution in [0.1, 0.15) is 32.3 Å². The van der Waals surface area contributed by atoms with Crippen molar-refractivity contribution in [2.75, 3.05) is 20.8 Å². The fourth-order valence-corrected chi connectivity index (χ4v) is 3.20. The average molecular weight is 308 g/mol. The van der Waals surface area contributed by atoms with Crippen molar-refractivity contribution in [2.45, 2.75) is 38.5 Å². The minimum absolute atomic E-state index is 0.247. The Hall–Kier alpha value is -1.30. The normalized spacial score (nSPS) is 28.7. The van der Waals surface area contributed by atoms with Crippen LogP contribution >= 0.6 is 0 Å². The smallest absolute Gasteiger partial charge is 0.161 e. The Morgan fingerprint density at radius 3 is 2.55 bits per heavy atom. The Bertz CT molecular complexity index is 507.